The second kappa shape index (κ2) is 7.23. The van der Waals surface area contributed by atoms with E-state index in [9.17, 15) is 9.59 Å². The van der Waals surface area contributed by atoms with Crippen LogP contribution in [0.2, 0.25) is 0 Å². The van der Waals surface area contributed by atoms with Crippen molar-refractivity contribution in [1.29, 1.82) is 0 Å². The lowest BCUT2D eigenvalue weighted by Crippen LogP contribution is -2.36. The van der Waals surface area contributed by atoms with Gasteiger partial charge in [0.05, 0.1) is 0 Å². The third-order valence-corrected chi connectivity index (χ3v) is 2.11. The summed E-state index contributed by atoms with van der Waals surface area (Å²) in [7, 11) is 3.92. The predicted molar refractivity (Wildman–Crippen MR) is 59.2 cm³/mol. The quantitative estimate of drug-likeness (QED) is 0.632. The summed E-state index contributed by atoms with van der Waals surface area (Å²) >= 11 is 0. The molecule has 0 aliphatic carbocycles. The van der Waals surface area contributed by atoms with Gasteiger partial charge in [0.2, 0.25) is 11.8 Å². The Bertz CT molecular complexity index is 217. The molecule has 0 aliphatic heterocycles. The van der Waals surface area contributed by atoms with Gasteiger partial charge in [-0.3, -0.25) is 9.59 Å². The lowest BCUT2D eigenvalue weighted by molar-refractivity contribution is -0.129. The first kappa shape index (κ1) is 13.9. The molecule has 0 saturated carbocycles. The normalized spacial score (nSPS) is 10.4. The highest BCUT2D eigenvalue weighted by Crippen LogP contribution is 1.96. The molecule has 0 aliphatic rings. The first-order chi connectivity index (χ1) is 6.93. The number of likely N-dealkylation sites (N-methyl/N-ethyl adjacent to an activating group) is 1. The van der Waals surface area contributed by atoms with Crippen molar-refractivity contribution in [3.05, 3.63) is 0 Å². The molecule has 0 spiro atoms. The van der Waals surface area contributed by atoms with Crippen molar-refractivity contribution in [2.45, 2.75) is 19.8 Å². The van der Waals surface area contributed by atoms with Crippen molar-refractivity contribution in [1.82, 2.24) is 9.80 Å². The van der Waals surface area contributed by atoms with Crippen LogP contribution in [0.5, 0.6) is 0 Å². The van der Waals surface area contributed by atoms with E-state index in [1.807, 2.05) is 19.0 Å². The van der Waals surface area contributed by atoms with E-state index >= 15 is 0 Å². The zero-order valence-electron chi connectivity index (χ0n) is 9.82. The third kappa shape index (κ3) is 7.93. The van der Waals surface area contributed by atoms with Gasteiger partial charge in [0.1, 0.15) is 0 Å². The smallest absolute Gasteiger partial charge is 0.219 e. The molecular formula is C10H21N3O2. The molecule has 0 unspecified atom stereocenters. The van der Waals surface area contributed by atoms with Gasteiger partial charge in [-0.05, 0) is 20.5 Å². The zero-order valence-corrected chi connectivity index (χ0v) is 9.82. The average Bonchev–Trinajstić information content (AvgIpc) is 2.09. The summed E-state index contributed by atoms with van der Waals surface area (Å²) in [6.07, 6.45) is 0.980. The maximum absolute atomic E-state index is 11.2. The Hall–Kier alpha value is -1.10. The summed E-state index contributed by atoms with van der Waals surface area (Å²) in [5, 5.41) is 0. The van der Waals surface area contributed by atoms with Crippen LogP contribution in [-0.2, 0) is 9.59 Å². The highest BCUT2D eigenvalue weighted by molar-refractivity contribution is 5.74. The molecule has 2 amide bonds. The average molecular weight is 215 g/mol. The van der Waals surface area contributed by atoms with Crippen LogP contribution >= 0.6 is 0 Å². The van der Waals surface area contributed by atoms with Crippen LogP contribution in [0.4, 0.5) is 0 Å². The summed E-state index contributed by atoms with van der Waals surface area (Å²) in [4.78, 5) is 25.5. The summed E-state index contributed by atoms with van der Waals surface area (Å²) in [6.45, 7) is 3.67. The lowest BCUT2D eigenvalue weighted by atomic mass is 10.3. The second-order valence-corrected chi connectivity index (χ2v) is 3.88. The van der Waals surface area contributed by atoms with Crippen LogP contribution in [-0.4, -0.2) is 55.3 Å². The highest BCUT2D eigenvalue weighted by atomic mass is 16.2. The Morgan fingerprint density at radius 1 is 1.13 bits per heavy atom. The standard InChI is InChI=1S/C10H21N3O2/c1-9(14)13(8-7-12(2)3)6-4-5-10(11)15/h4-8H2,1-3H3,(H2,11,15). The number of amides is 2. The number of carbonyl (C=O) groups is 2. The van der Waals surface area contributed by atoms with Crippen molar-refractivity contribution in [2.75, 3.05) is 33.7 Å². The van der Waals surface area contributed by atoms with E-state index in [1.54, 1.807) is 11.8 Å². The number of carbonyl (C=O) groups excluding carboxylic acids is 2. The molecular weight excluding hydrogens is 194 g/mol. The molecule has 0 fully saturated rings. The van der Waals surface area contributed by atoms with Gasteiger partial charge in [0.25, 0.3) is 0 Å². The van der Waals surface area contributed by atoms with Gasteiger partial charge in [-0.15, -0.1) is 0 Å². The van der Waals surface area contributed by atoms with Gasteiger partial charge in [-0.1, -0.05) is 0 Å². The SMILES string of the molecule is CC(=O)N(CCCC(N)=O)CCN(C)C. The fourth-order valence-electron chi connectivity index (χ4n) is 1.19. The maximum Gasteiger partial charge on any atom is 0.219 e. The topological polar surface area (TPSA) is 66.6 Å². The third-order valence-electron chi connectivity index (χ3n) is 2.11. The maximum atomic E-state index is 11.2. The van der Waals surface area contributed by atoms with Crippen molar-refractivity contribution in [3.8, 4) is 0 Å². The highest BCUT2D eigenvalue weighted by Gasteiger charge is 2.08. The molecule has 5 nitrogen and oxygen atoms in total. The van der Waals surface area contributed by atoms with Crippen molar-refractivity contribution < 1.29 is 9.59 Å². The minimum atomic E-state index is -0.314. The summed E-state index contributed by atoms with van der Waals surface area (Å²) in [5.74, 6) is -0.271. The zero-order chi connectivity index (χ0) is 11.8. The molecule has 88 valence electrons. The Kier molecular flexibility index (Phi) is 6.70. The van der Waals surface area contributed by atoms with Crippen LogP contribution in [0, 0.1) is 0 Å². The van der Waals surface area contributed by atoms with E-state index in [-0.39, 0.29) is 11.8 Å². The lowest BCUT2D eigenvalue weighted by Gasteiger charge is -2.22. The number of nitrogens with two attached hydrogens (primary N) is 1. The van der Waals surface area contributed by atoms with Gasteiger partial charge in [-0.2, -0.15) is 0 Å². The van der Waals surface area contributed by atoms with Crippen molar-refractivity contribution >= 4 is 11.8 Å². The summed E-state index contributed by atoms with van der Waals surface area (Å²) in [5.41, 5.74) is 5.03. The molecule has 0 aromatic heterocycles. The Balaban J connectivity index is 3.83. The molecule has 0 atom stereocenters. The van der Waals surface area contributed by atoms with E-state index in [4.69, 9.17) is 5.73 Å². The second-order valence-electron chi connectivity index (χ2n) is 3.88. The number of hydrogen-bond donors (Lipinski definition) is 1. The first-order valence-electron chi connectivity index (χ1n) is 5.12. The number of rotatable bonds is 7. The van der Waals surface area contributed by atoms with Crippen molar-refractivity contribution in [2.24, 2.45) is 5.73 Å². The fraction of sp³-hybridized carbons (Fsp3) is 0.800. The molecule has 0 rings (SSSR count). The van der Waals surface area contributed by atoms with Crippen LogP contribution in [0.3, 0.4) is 0 Å². The van der Waals surface area contributed by atoms with E-state index in [1.165, 1.54) is 0 Å². The van der Waals surface area contributed by atoms with Crippen LogP contribution in [0.25, 0.3) is 0 Å². The van der Waals surface area contributed by atoms with Crippen molar-refractivity contribution in [3.63, 3.8) is 0 Å². The van der Waals surface area contributed by atoms with Crippen LogP contribution in [0.15, 0.2) is 0 Å². The van der Waals surface area contributed by atoms with E-state index in [0.29, 0.717) is 25.9 Å². The fourth-order valence-corrected chi connectivity index (χ4v) is 1.19. The molecule has 15 heavy (non-hydrogen) atoms. The molecule has 0 saturated heterocycles. The Labute approximate surface area is 91.2 Å². The minimum absolute atomic E-state index is 0.0429. The number of primary amides is 1. The monoisotopic (exact) mass is 215 g/mol. The van der Waals surface area contributed by atoms with Gasteiger partial charge in [0.15, 0.2) is 0 Å². The van der Waals surface area contributed by atoms with E-state index in [0.717, 1.165) is 6.54 Å². The largest absolute Gasteiger partial charge is 0.370 e. The summed E-state index contributed by atoms with van der Waals surface area (Å²) < 4.78 is 0. The Morgan fingerprint density at radius 3 is 2.13 bits per heavy atom. The molecule has 2 N–H and O–H groups in total. The molecule has 0 heterocycles. The Morgan fingerprint density at radius 2 is 1.73 bits per heavy atom. The van der Waals surface area contributed by atoms with E-state index < -0.39 is 0 Å². The number of hydrogen-bond acceptors (Lipinski definition) is 3. The summed E-state index contributed by atoms with van der Waals surface area (Å²) in [6, 6.07) is 0. The van der Waals surface area contributed by atoms with Gasteiger partial charge in [-0.25, -0.2) is 0 Å². The first-order valence-corrected chi connectivity index (χ1v) is 5.12. The van der Waals surface area contributed by atoms with E-state index in [2.05, 4.69) is 0 Å². The minimum Gasteiger partial charge on any atom is -0.370 e. The van der Waals surface area contributed by atoms with Crippen LogP contribution < -0.4 is 5.73 Å². The van der Waals surface area contributed by atoms with Gasteiger partial charge >= 0.3 is 0 Å². The van der Waals surface area contributed by atoms with Crippen LogP contribution in [0.1, 0.15) is 19.8 Å². The predicted octanol–water partition coefficient (Wildman–Crippen LogP) is -0.338. The number of nitrogens with zero attached hydrogens (tertiary/aromatic N) is 2. The molecule has 0 aromatic carbocycles. The molecule has 5 heteroatoms. The molecule has 0 aromatic rings. The molecule has 0 radical (unpaired) electrons. The molecule has 0 bridgehead atoms. The van der Waals surface area contributed by atoms with Gasteiger partial charge < -0.3 is 15.5 Å². The van der Waals surface area contributed by atoms with Gasteiger partial charge in [0, 0.05) is 33.0 Å².